The Balaban J connectivity index is 1.47. The second-order valence-corrected chi connectivity index (χ2v) is 7.26. The number of halogens is 3. The van der Waals surface area contributed by atoms with E-state index in [1.165, 1.54) is 9.58 Å². The van der Waals surface area contributed by atoms with Gasteiger partial charge in [0, 0.05) is 25.2 Å². The summed E-state index contributed by atoms with van der Waals surface area (Å²) in [6.07, 6.45) is 7.20. The van der Waals surface area contributed by atoms with Crippen LogP contribution in [-0.2, 0) is 4.79 Å². The van der Waals surface area contributed by atoms with Crippen molar-refractivity contribution >= 4 is 11.6 Å². The Morgan fingerprint density at radius 1 is 1.19 bits per heavy atom. The van der Waals surface area contributed by atoms with Crippen molar-refractivity contribution in [2.75, 3.05) is 31.1 Å². The van der Waals surface area contributed by atoms with Crippen LogP contribution in [0.5, 0.6) is 0 Å². The van der Waals surface area contributed by atoms with Gasteiger partial charge in [-0.05, 0) is 25.3 Å². The molecule has 0 aliphatic carbocycles. The molecule has 1 amide bonds. The first-order valence-corrected chi connectivity index (χ1v) is 8.91. The number of piperidine rings is 1. The Labute approximate surface area is 154 Å². The first-order valence-electron chi connectivity index (χ1n) is 8.91. The predicted molar refractivity (Wildman–Crippen MR) is 92.5 cm³/mol. The lowest BCUT2D eigenvalue weighted by Gasteiger charge is -2.42. The minimum Gasteiger partial charge on any atom is -0.368 e. The lowest BCUT2D eigenvalue weighted by molar-refractivity contribution is -0.170. The number of carbonyl (C=O) groups excluding carboxylic acids is 1. The van der Waals surface area contributed by atoms with Gasteiger partial charge in [0.25, 0.3) is 5.92 Å². The molecule has 0 aromatic carbocycles. The summed E-state index contributed by atoms with van der Waals surface area (Å²) in [5.41, 5.74) is 1.84. The van der Waals surface area contributed by atoms with Gasteiger partial charge in [0.05, 0.1) is 37.4 Å². The van der Waals surface area contributed by atoms with Gasteiger partial charge in [0.15, 0.2) is 5.82 Å². The summed E-state index contributed by atoms with van der Waals surface area (Å²) in [4.78, 5) is 19.5. The minimum absolute atomic E-state index is 0.208. The number of hydrogen-bond acceptors (Lipinski definition) is 4. The highest BCUT2D eigenvalue weighted by Gasteiger charge is 2.47. The maximum absolute atomic E-state index is 14.5. The molecule has 0 spiro atoms. The molecule has 4 rings (SSSR count). The molecular weight excluding hydrogens is 359 g/mol. The molecule has 2 aromatic heterocycles. The fraction of sp³-hybridized carbons (Fsp3) is 0.500. The normalized spacial score (nSPS) is 19.9. The van der Waals surface area contributed by atoms with Gasteiger partial charge in [-0.15, -0.1) is 0 Å². The summed E-state index contributed by atoms with van der Waals surface area (Å²) in [7, 11) is 0. The average molecular weight is 379 g/mol. The van der Waals surface area contributed by atoms with Crippen molar-refractivity contribution in [1.29, 1.82) is 0 Å². The van der Waals surface area contributed by atoms with Crippen LogP contribution in [0.1, 0.15) is 18.4 Å². The molecule has 6 nitrogen and oxygen atoms in total. The van der Waals surface area contributed by atoms with Crippen LogP contribution in [0.2, 0.25) is 0 Å². The topological polar surface area (TPSA) is 54.3 Å². The van der Waals surface area contributed by atoms with E-state index >= 15 is 0 Å². The zero-order valence-electron chi connectivity index (χ0n) is 14.9. The van der Waals surface area contributed by atoms with Crippen LogP contribution in [0.3, 0.4) is 0 Å². The van der Waals surface area contributed by atoms with Crippen molar-refractivity contribution in [1.82, 2.24) is 19.7 Å². The molecule has 2 aromatic rings. The first-order chi connectivity index (χ1) is 12.8. The van der Waals surface area contributed by atoms with Crippen molar-refractivity contribution in [3.63, 3.8) is 0 Å². The molecule has 0 atom stereocenters. The third-order valence-electron chi connectivity index (χ3n) is 5.14. The number of carbonyl (C=O) groups is 1. The third kappa shape index (κ3) is 3.38. The molecule has 0 saturated carbocycles. The minimum atomic E-state index is -2.75. The highest BCUT2D eigenvalue weighted by Crippen LogP contribution is 2.33. The van der Waals surface area contributed by atoms with Crippen molar-refractivity contribution in [2.24, 2.45) is 5.92 Å². The summed E-state index contributed by atoms with van der Waals surface area (Å²) in [5.74, 6) is -3.70. The van der Waals surface area contributed by atoms with E-state index in [-0.39, 0.29) is 11.8 Å². The predicted octanol–water partition coefficient (Wildman–Crippen LogP) is 2.41. The Kier molecular flexibility index (Phi) is 4.32. The molecular formula is C18H20F3N5O. The van der Waals surface area contributed by atoms with Gasteiger partial charge in [-0.25, -0.2) is 17.9 Å². The number of aromatic nitrogens is 3. The fourth-order valence-corrected chi connectivity index (χ4v) is 3.70. The SMILES string of the molecule is Cc1cnn(-c2c(F)cncc2N2CCC(C(=O)N3CC(F)(F)C3)CC2)c1. The molecule has 2 saturated heterocycles. The molecule has 0 N–H and O–H groups in total. The van der Waals surface area contributed by atoms with Gasteiger partial charge < -0.3 is 9.80 Å². The summed E-state index contributed by atoms with van der Waals surface area (Å²) in [6.45, 7) is 1.96. The monoisotopic (exact) mass is 379 g/mol. The molecule has 0 radical (unpaired) electrons. The van der Waals surface area contributed by atoms with E-state index in [0.717, 1.165) is 11.8 Å². The molecule has 27 heavy (non-hydrogen) atoms. The number of alkyl halides is 2. The smallest absolute Gasteiger partial charge is 0.282 e. The van der Waals surface area contributed by atoms with Gasteiger partial charge in [-0.3, -0.25) is 9.78 Å². The van der Waals surface area contributed by atoms with E-state index < -0.39 is 24.8 Å². The van der Waals surface area contributed by atoms with E-state index in [4.69, 9.17) is 0 Å². The van der Waals surface area contributed by atoms with Crippen LogP contribution in [0, 0.1) is 18.7 Å². The number of pyridine rings is 1. The summed E-state index contributed by atoms with van der Waals surface area (Å²) in [5, 5.41) is 4.19. The van der Waals surface area contributed by atoms with E-state index in [2.05, 4.69) is 10.1 Å². The lowest BCUT2D eigenvalue weighted by Crippen LogP contribution is -2.60. The number of hydrogen-bond donors (Lipinski definition) is 0. The number of aryl methyl sites for hydroxylation is 1. The van der Waals surface area contributed by atoms with Gasteiger partial charge in [-0.1, -0.05) is 0 Å². The Bertz CT molecular complexity index is 852. The number of nitrogens with zero attached hydrogens (tertiary/aromatic N) is 5. The molecule has 0 bridgehead atoms. The first kappa shape index (κ1) is 17.8. The van der Waals surface area contributed by atoms with E-state index in [1.54, 1.807) is 18.6 Å². The Hall–Kier alpha value is -2.58. The van der Waals surface area contributed by atoms with E-state index in [1.807, 2.05) is 11.8 Å². The molecule has 2 fully saturated rings. The largest absolute Gasteiger partial charge is 0.368 e. The average Bonchev–Trinajstić information content (AvgIpc) is 3.05. The zero-order valence-corrected chi connectivity index (χ0v) is 14.9. The molecule has 4 heterocycles. The van der Waals surface area contributed by atoms with Crippen LogP contribution in [-0.4, -0.2) is 57.7 Å². The van der Waals surface area contributed by atoms with Crippen LogP contribution >= 0.6 is 0 Å². The van der Waals surface area contributed by atoms with Crippen molar-refractivity contribution in [3.05, 3.63) is 36.2 Å². The molecule has 0 unspecified atom stereocenters. The second-order valence-electron chi connectivity index (χ2n) is 7.26. The number of likely N-dealkylation sites (tertiary alicyclic amines) is 1. The van der Waals surface area contributed by atoms with Crippen molar-refractivity contribution in [3.8, 4) is 5.69 Å². The van der Waals surface area contributed by atoms with Crippen LogP contribution in [0.15, 0.2) is 24.8 Å². The summed E-state index contributed by atoms with van der Waals surface area (Å²) >= 11 is 0. The van der Waals surface area contributed by atoms with E-state index in [9.17, 15) is 18.0 Å². The quantitative estimate of drug-likeness (QED) is 0.822. The summed E-state index contributed by atoms with van der Waals surface area (Å²) in [6, 6.07) is 0. The molecule has 2 aliphatic heterocycles. The molecule has 2 aliphatic rings. The molecule has 9 heteroatoms. The highest BCUT2D eigenvalue weighted by atomic mass is 19.3. The third-order valence-corrected chi connectivity index (χ3v) is 5.14. The van der Waals surface area contributed by atoms with Gasteiger partial charge in [-0.2, -0.15) is 5.10 Å². The fourth-order valence-electron chi connectivity index (χ4n) is 3.70. The van der Waals surface area contributed by atoms with Crippen LogP contribution < -0.4 is 4.90 Å². The lowest BCUT2D eigenvalue weighted by atomic mass is 9.93. The maximum atomic E-state index is 14.5. The zero-order chi connectivity index (χ0) is 19.2. The maximum Gasteiger partial charge on any atom is 0.282 e. The van der Waals surface area contributed by atoms with Gasteiger partial charge in [0.2, 0.25) is 5.91 Å². The molecule has 144 valence electrons. The summed E-state index contributed by atoms with van der Waals surface area (Å²) < 4.78 is 41.9. The van der Waals surface area contributed by atoms with Gasteiger partial charge >= 0.3 is 0 Å². The van der Waals surface area contributed by atoms with E-state index in [0.29, 0.717) is 37.3 Å². The van der Waals surface area contributed by atoms with Crippen LogP contribution in [0.25, 0.3) is 5.69 Å². The Morgan fingerprint density at radius 2 is 1.89 bits per heavy atom. The number of rotatable bonds is 3. The van der Waals surface area contributed by atoms with Crippen LogP contribution in [0.4, 0.5) is 18.9 Å². The van der Waals surface area contributed by atoms with Crippen molar-refractivity contribution < 1.29 is 18.0 Å². The number of amides is 1. The van der Waals surface area contributed by atoms with Gasteiger partial charge in [0.1, 0.15) is 5.69 Å². The Morgan fingerprint density at radius 3 is 2.48 bits per heavy atom. The highest BCUT2D eigenvalue weighted by molar-refractivity contribution is 5.80. The number of anilines is 1. The second kappa shape index (κ2) is 6.54. The van der Waals surface area contributed by atoms with Crippen molar-refractivity contribution in [2.45, 2.75) is 25.7 Å². The standard InChI is InChI=1S/C18H20F3N5O/c1-12-6-23-26(9-12)16-14(19)7-22-8-15(16)24-4-2-13(3-5-24)17(27)25-10-18(20,21)11-25/h6-9,13H,2-5,10-11H2,1H3.